The van der Waals surface area contributed by atoms with Crippen LogP contribution >= 0.6 is 15.9 Å². The Kier molecular flexibility index (Phi) is 4.95. The van der Waals surface area contributed by atoms with Crippen molar-refractivity contribution in [3.05, 3.63) is 22.4 Å². The van der Waals surface area contributed by atoms with Crippen molar-refractivity contribution in [1.82, 2.24) is 14.5 Å². The van der Waals surface area contributed by atoms with Gasteiger partial charge in [0.15, 0.2) is 0 Å². The Hall–Kier alpha value is -1.18. The van der Waals surface area contributed by atoms with Crippen molar-refractivity contribution in [2.45, 2.75) is 6.54 Å². The molecule has 110 valence electrons. The number of nitrogens with zero attached hydrogens (tertiary/aromatic N) is 3. The zero-order chi connectivity index (χ0) is 14.7. The van der Waals surface area contributed by atoms with Crippen LogP contribution in [0.5, 0.6) is 0 Å². The van der Waals surface area contributed by atoms with E-state index in [2.05, 4.69) is 20.9 Å². The molecule has 0 amide bonds. The molecule has 0 saturated carbocycles. The van der Waals surface area contributed by atoms with Crippen molar-refractivity contribution in [3.63, 3.8) is 0 Å². The second kappa shape index (κ2) is 6.51. The highest BCUT2D eigenvalue weighted by Crippen LogP contribution is 2.24. The van der Waals surface area contributed by atoms with E-state index in [4.69, 9.17) is 10.5 Å². The van der Waals surface area contributed by atoms with Crippen LogP contribution in [0.1, 0.15) is 0 Å². The van der Waals surface area contributed by atoms with Gasteiger partial charge in [0.2, 0.25) is 5.95 Å². The Labute approximate surface area is 125 Å². The van der Waals surface area contributed by atoms with E-state index < -0.39 is 0 Å². The molecule has 2 rings (SSSR count). The predicted octanol–water partition coefficient (Wildman–Crippen LogP) is 2.10. The number of benzene rings is 1. The van der Waals surface area contributed by atoms with Crippen LogP contribution in [0.2, 0.25) is 0 Å². The summed E-state index contributed by atoms with van der Waals surface area (Å²) in [4.78, 5) is 6.27. The fraction of sp³-hybridized carbons (Fsp3) is 0.462. The zero-order valence-corrected chi connectivity index (χ0v) is 13.2. The molecule has 0 spiro atoms. The summed E-state index contributed by atoms with van der Waals surface area (Å²) in [5, 5.41) is 0. The minimum absolute atomic E-state index is 0.327. The van der Waals surface area contributed by atoms with E-state index in [1.807, 2.05) is 19.0 Å². The summed E-state index contributed by atoms with van der Waals surface area (Å²) >= 11 is 3.14. The van der Waals surface area contributed by atoms with Gasteiger partial charge in [0.05, 0.1) is 28.7 Å². The normalized spacial score (nSPS) is 11.7. The van der Waals surface area contributed by atoms with Crippen molar-refractivity contribution in [2.75, 3.05) is 39.6 Å². The predicted molar refractivity (Wildman–Crippen MR) is 81.2 cm³/mol. The molecule has 0 aliphatic rings. The van der Waals surface area contributed by atoms with E-state index >= 15 is 0 Å². The number of rotatable bonds is 6. The summed E-state index contributed by atoms with van der Waals surface area (Å²) < 4.78 is 21.3. The molecule has 7 heteroatoms. The highest BCUT2D eigenvalue weighted by Gasteiger charge is 2.11. The van der Waals surface area contributed by atoms with Crippen LogP contribution in [0.15, 0.2) is 16.6 Å². The standard InChI is InChI=1S/C13H18BrFN4O/c1-18(2)3-5-20-6-4-19-12-8-10(15)9(14)7-11(12)17-13(19)16/h7-8H,3-6H2,1-2H3,(H2,16,17). The SMILES string of the molecule is CN(C)CCOCCn1c(N)nc2cc(Br)c(F)cc21. The quantitative estimate of drug-likeness (QED) is 0.815. The summed E-state index contributed by atoms with van der Waals surface area (Å²) in [6.07, 6.45) is 0. The Morgan fingerprint density at radius 2 is 2.15 bits per heavy atom. The largest absolute Gasteiger partial charge is 0.378 e. The van der Waals surface area contributed by atoms with Gasteiger partial charge in [0.25, 0.3) is 0 Å². The van der Waals surface area contributed by atoms with Crippen molar-refractivity contribution in [2.24, 2.45) is 0 Å². The lowest BCUT2D eigenvalue weighted by atomic mass is 10.3. The third-order valence-corrected chi connectivity index (χ3v) is 3.57. The number of anilines is 1. The molecule has 5 nitrogen and oxygen atoms in total. The summed E-state index contributed by atoms with van der Waals surface area (Å²) in [6, 6.07) is 3.06. The Balaban J connectivity index is 2.06. The monoisotopic (exact) mass is 344 g/mol. The number of nitrogen functional groups attached to an aromatic ring is 1. The average molecular weight is 345 g/mol. The van der Waals surface area contributed by atoms with Crippen LogP contribution in [0.3, 0.4) is 0 Å². The third-order valence-electron chi connectivity index (χ3n) is 2.96. The highest BCUT2D eigenvalue weighted by molar-refractivity contribution is 9.10. The number of fused-ring (bicyclic) bond motifs is 1. The third kappa shape index (κ3) is 3.47. The summed E-state index contributed by atoms with van der Waals surface area (Å²) in [7, 11) is 3.98. The smallest absolute Gasteiger partial charge is 0.201 e. The maximum atomic E-state index is 13.6. The fourth-order valence-electron chi connectivity index (χ4n) is 1.88. The van der Waals surface area contributed by atoms with E-state index in [0.29, 0.717) is 41.2 Å². The van der Waals surface area contributed by atoms with E-state index in [-0.39, 0.29) is 5.82 Å². The van der Waals surface area contributed by atoms with Crippen LogP contribution in [-0.2, 0) is 11.3 Å². The van der Waals surface area contributed by atoms with Crippen LogP contribution in [0, 0.1) is 5.82 Å². The van der Waals surface area contributed by atoms with Gasteiger partial charge >= 0.3 is 0 Å². The van der Waals surface area contributed by atoms with Crippen LogP contribution in [0.25, 0.3) is 11.0 Å². The summed E-state index contributed by atoms with van der Waals surface area (Å²) in [5.74, 6) is 0.0425. The van der Waals surface area contributed by atoms with Gasteiger partial charge in [-0.1, -0.05) is 0 Å². The Morgan fingerprint density at radius 3 is 2.85 bits per heavy atom. The molecule has 0 saturated heterocycles. The van der Waals surface area contributed by atoms with Crippen molar-refractivity contribution in [3.8, 4) is 0 Å². The van der Waals surface area contributed by atoms with Gasteiger partial charge in [-0.05, 0) is 36.1 Å². The van der Waals surface area contributed by atoms with E-state index in [1.54, 1.807) is 10.6 Å². The minimum atomic E-state index is -0.327. The van der Waals surface area contributed by atoms with E-state index in [1.165, 1.54) is 6.07 Å². The first kappa shape index (κ1) is 15.2. The summed E-state index contributed by atoms with van der Waals surface area (Å²) in [6.45, 7) is 2.58. The fourth-order valence-corrected chi connectivity index (χ4v) is 2.21. The Bertz CT molecular complexity index is 600. The molecule has 1 heterocycles. The number of aromatic nitrogens is 2. The Morgan fingerprint density at radius 1 is 1.40 bits per heavy atom. The lowest BCUT2D eigenvalue weighted by Gasteiger charge is -2.11. The van der Waals surface area contributed by atoms with Gasteiger partial charge in [0, 0.05) is 19.2 Å². The van der Waals surface area contributed by atoms with E-state index in [0.717, 1.165) is 6.54 Å². The average Bonchev–Trinajstić information content (AvgIpc) is 2.65. The number of halogens is 2. The minimum Gasteiger partial charge on any atom is -0.378 e. The van der Waals surface area contributed by atoms with Gasteiger partial charge in [-0.3, -0.25) is 0 Å². The first-order chi connectivity index (χ1) is 9.49. The van der Waals surface area contributed by atoms with Crippen molar-refractivity contribution >= 4 is 32.9 Å². The molecule has 0 unspecified atom stereocenters. The summed E-state index contributed by atoms with van der Waals surface area (Å²) in [5.41, 5.74) is 7.22. The molecule has 2 N–H and O–H groups in total. The number of likely N-dealkylation sites (N-methyl/N-ethyl adjacent to an activating group) is 1. The maximum Gasteiger partial charge on any atom is 0.201 e. The van der Waals surface area contributed by atoms with Crippen LogP contribution < -0.4 is 5.73 Å². The lowest BCUT2D eigenvalue weighted by Crippen LogP contribution is -2.19. The number of imidazole rings is 1. The van der Waals surface area contributed by atoms with Crippen LogP contribution in [0.4, 0.5) is 10.3 Å². The zero-order valence-electron chi connectivity index (χ0n) is 11.6. The maximum absolute atomic E-state index is 13.6. The number of ether oxygens (including phenoxy) is 1. The molecular formula is C13H18BrFN4O. The highest BCUT2D eigenvalue weighted by atomic mass is 79.9. The van der Waals surface area contributed by atoms with Gasteiger partial charge < -0.3 is 19.9 Å². The molecule has 0 aliphatic heterocycles. The number of hydrogen-bond donors (Lipinski definition) is 1. The van der Waals surface area contributed by atoms with Gasteiger partial charge in [-0.2, -0.15) is 0 Å². The van der Waals surface area contributed by atoms with Crippen LogP contribution in [-0.4, -0.2) is 48.3 Å². The molecule has 0 radical (unpaired) electrons. The molecule has 0 atom stereocenters. The van der Waals surface area contributed by atoms with E-state index in [9.17, 15) is 4.39 Å². The molecule has 0 fully saturated rings. The molecule has 2 aromatic rings. The number of hydrogen-bond acceptors (Lipinski definition) is 4. The molecule has 1 aromatic heterocycles. The topological polar surface area (TPSA) is 56.3 Å². The molecule has 0 bridgehead atoms. The first-order valence-corrected chi connectivity index (χ1v) is 7.11. The molecular weight excluding hydrogens is 327 g/mol. The first-order valence-electron chi connectivity index (χ1n) is 6.32. The number of nitrogens with two attached hydrogens (primary N) is 1. The van der Waals surface area contributed by atoms with Gasteiger partial charge in [0.1, 0.15) is 5.82 Å². The van der Waals surface area contributed by atoms with Crippen molar-refractivity contribution in [1.29, 1.82) is 0 Å². The molecule has 20 heavy (non-hydrogen) atoms. The van der Waals surface area contributed by atoms with Gasteiger partial charge in [-0.25, -0.2) is 9.37 Å². The van der Waals surface area contributed by atoms with Crippen molar-refractivity contribution < 1.29 is 9.13 Å². The molecule has 0 aliphatic carbocycles. The lowest BCUT2D eigenvalue weighted by molar-refractivity contribution is 0.112. The molecule has 1 aromatic carbocycles. The second-order valence-electron chi connectivity index (χ2n) is 4.79. The van der Waals surface area contributed by atoms with Gasteiger partial charge in [-0.15, -0.1) is 0 Å². The second-order valence-corrected chi connectivity index (χ2v) is 5.65.